The number of ether oxygens (including phenoxy) is 1. The van der Waals surface area contributed by atoms with Gasteiger partial charge in [0.25, 0.3) is 0 Å². The zero-order valence-electron chi connectivity index (χ0n) is 14.0. The van der Waals surface area contributed by atoms with E-state index in [9.17, 15) is 18.3 Å². The third-order valence-electron chi connectivity index (χ3n) is 4.05. The van der Waals surface area contributed by atoms with Crippen molar-refractivity contribution in [2.75, 3.05) is 11.9 Å². The molecular weight excluding hydrogens is 347 g/mol. The van der Waals surface area contributed by atoms with Crippen LogP contribution in [0.1, 0.15) is 24.2 Å². The lowest BCUT2D eigenvalue weighted by Crippen LogP contribution is -2.17. The Bertz CT molecular complexity index is 831. The highest BCUT2D eigenvalue weighted by molar-refractivity contribution is 5.93. The number of nitrogens with two attached hydrogens (primary N) is 1. The van der Waals surface area contributed by atoms with Crippen LogP contribution in [0.2, 0.25) is 0 Å². The van der Waals surface area contributed by atoms with Crippen molar-refractivity contribution in [1.29, 1.82) is 0 Å². The molecule has 138 valence electrons. The molecule has 4 N–H and O–H groups in total. The van der Waals surface area contributed by atoms with Crippen LogP contribution in [0.25, 0.3) is 11.1 Å². The third-order valence-corrected chi connectivity index (χ3v) is 4.05. The molecule has 1 heterocycles. The second kappa shape index (κ2) is 6.97. The van der Waals surface area contributed by atoms with Crippen molar-refractivity contribution >= 4 is 17.6 Å². The molecule has 1 unspecified atom stereocenters. The Labute approximate surface area is 148 Å². The van der Waals surface area contributed by atoms with Crippen molar-refractivity contribution in [2.24, 2.45) is 10.7 Å². The van der Waals surface area contributed by atoms with Gasteiger partial charge in [0.05, 0.1) is 24.0 Å². The number of benzene rings is 2. The highest BCUT2D eigenvalue weighted by Crippen LogP contribution is 2.44. The van der Waals surface area contributed by atoms with Gasteiger partial charge in [-0.2, -0.15) is 0 Å². The topological polar surface area (TPSA) is 79.9 Å². The summed E-state index contributed by atoms with van der Waals surface area (Å²) in [6.07, 6.45) is -3.79. The Morgan fingerprint density at radius 1 is 1.31 bits per heavy atom. The lowest BCUT2D eigenvalue weighted by Gasteiger charge is -2.24. The van der Waals surface area contributed by atoms with Gasteiger partial charge < -0.3 is 20.9 Å². The lowest BCUT2D eigenvalue weighted by atomic mass is 9.92. The minimum Gasteiger partial charge on any atom is -0.406 e. The van der Waals surface area contributed by atoms with Gasteiger partial charge in [0, 0.05) is 23.9 Å². The second-order valence-electron chi connectivity index (χ2n) is 5.87. The largest absolute Gasteiger partial charge is 0.573 e. The summed E-state index contributed by atoms with van der Waals surface area (Å²) in [5.41, 5.74) is 9.95. The van der Waals surface area contributed by atoms with Crippen LogP contribution < -0.4 is 15.8 Å². The molecule has 0 aliphatic carbocycles. The van der Waals surface area contributed by atoms with E-state index in [4.69, 9.17) is 5.73 Å². The van der Waals surface area contributed by atoms with Crippen molar-refractivity contribution in [3.8, 4) is 16.9 Å². The van der Waals surface area contributed by atoms with Gasteiger partial charge in [-0.05, 0) is 36.2 Å². The zero-order chi connectivity index (χ0) is 18.9. The SMILES string of the molecule is CC(O)c1c(CN)cc(-c2ccc(OC(F)(F)F)cc2)c2c1N=CCN2. The normalized spacial score (nSPS) is 14.5. The molecule has 0 bridgehead atoms. The first kappa shape index (κ1) is 18.2. The molecule has 5 nitrogen and oxygen atoms in total. The summed E-state index contributed by atoms with van der Waals surface area (Å²) in [6, 6.07) is 7.42. The number of nitrogens with one attached hydrogen (secondary N) is 1. The molecular formula is C18H18F3N3O2. The summed E-state index contributed by atoms with van der Waals surface area (Å²) in [4.78, 5) is 4.40. The molecule has 2 aromatic carbocycles. The number of aliphatic imine (C=N–C) groups is 1. The minimum absolute atomic E-state index is 0.200. The standard InChI is InChI=1S/C18H18F3N3O2/c1-10(25)15-12(9-22)8-14(16-17(15)24-7-6-23-16)11-2-4-13(5-3-11)26-18(19,20)21/h2-5,7-8,10,23,25H,6,9,22H2,1H3. The van der Waals surface area contributed by atoms with Crippen LogP contribution in [-0.2, 0) is 6.54 Å². The van der Waals surface area contributed by atoms with E-state index < -0.39 is 12.5 Å². The summed E-state index contributed by atoms with van der Waals surface area (Å²) in [5.74, 6) is -0.291. The van der Waals surface area contributed by atoms with Gasteiger partial charge in [-0.15, -0.1) is 13.2 Å². The number of anilines is 1. The molecule has 1 atom stereocenters. The molecule has 0 spiro atoms. The number of hydrogen-bond acceptors (Lipinski definition) is 5. The molecule has 0 radical (unpaired) electrons. The van der Waals surface area contributed by atoms with E-state index in [1.54, 1.807) is 25.3 Å². The Morgan fingerprint density at radius 3 is 2.58 bits per heavy atom. The van der Waals surface area contributed by atoms with Gasteiger partial charge in [-0.3, -0.25) is 4.99 Å². The summed E-state index contributed by atoms with van der Waals surface area (Å²) >= 11 is 0. The first-order valence-electron chi connectivity index (χ1n) is 8.00. The van der Waals surface area contributed by atoms with Crippen molar-refractivity contribution < 1.29 is 23.0 Å². The highest BCUT2D eigenvalue weighted by Gasteiger charge is 2.31. The minimum atomic E-state index is -4.73. The molecule has 26 heavy (non-hydrogen) atoms. The van der Waals surface area contributed by atoms with E-state index in [-0.39, 0.29) is 12.3 Å². The van der Waals surface area contributed by atoms with Crippen molar-refractivity contribution in [3.63, 3.8) is 0 Å². The summed E-state index contributed by atoms with van der Waals surface area (Å²) in [7, 11) is 0. The van der Waals surface area contributed by atoms with E-state index in [1.807, 2.05) is 6.07 Å². The van der Waals surface area contributed by atoms with Gasteiger partial charge in [0.2, 0.25) is 0 Å². The number of nitrogens with zero attached hydrogens (tertiary/aromatic N) is 1. The fourth-order valence-corrected chi connectivity index (χ4v) is 3.04. The summed E-state index contributed by atoms with van der Waals surface area (Å²) in [5, 5.41) is 13.3. The lowest BCUT2D eigenvalue weighted by molar-refractivity contribution is -0.274. The average molecular weight is 365 g/mol. The Balaban J connectivity index is 2.09. The zero-order valence-corrected chi connectivity index (χ0v) is 14.0. The first-order valence-corrected chi connectivity index (χ1v) is 8.00. The number of aliphatic hydroxyl groups excluding tert-OH is 1. The monoisotopic (exact) mass is 365 g/mol. The first-order chi connectivity index (χ1) is 12.3. The number of hydrogen-bond donors (Lipinski definition) is 3. The van der Waals surface area contributed by atoms with E-state index >= 15 is 0 Å². The number of halogens is 3. The van der Waals surface area contributed by atoms with Gasteiger partial charge in [-0.25, -0.2) is 0 Å². The molecule has 1 aliphatic heterocycles. The van der Waals surface area contributed by atoms with Crippen LogP contribution in [0.15, 0.2) is 35.3 Å². The van der Waals surface area contributed by atoms with E-state index in [2.05, 4.69) is 15.0 Å². The van der Waals surface area contributed by atoms with Crippen LogP contribution in [0, 0.1) is 0 Å². The Kier molecular flexibility index (Phi) is 4.88. The van der Waals surface area contributed by atoms with Crippen LogP contribution >= 0.6 is 0 Å². The molecule has 0 amide bonds. The highest BCUT2D eigenvalue weighted by atomic mass is 19.4. The molecule has 0 saturated carbocycles. The molecule has 0 fully saturated rings. The Hall–Kier alpha value is -2.58. The average Bonchev–Trinajstić information content (AvgIpc) is 2.59. The fourth-order valence-electron chi connectivity index (χ4n) is 3.04. The quantitative estimate of drug-likeness (QED) is 0.768. The molecule has 0 aromatic heterocycles. The molecule has 2 aromatic rings. The van der Waals surface area contributed by atoms with Gasteiger partial charge in [-0.1, -0.05) is 12.1 Å². The summed E-state index contributed by atoms with van der Waals surface area (Å²) in [6.45, 7) is 2.35. The second-order valence-corrected chi connectivity index (χ2v) is 5.87. The van der Waals surface area contributed by atoms with Crippen molar-refractivity contribution in [2.45, 2.75) is 25.9 Å². The smallest absolute Gasteiger partial charge is 0.406 e. The van der Waals surface area contributed by atoms with Gasteiger partial charge in [0.1, 0.15) is 5.75 Å². The van der Waals surface area contributed by atoms with E-state index in [0.29, 0.717) is 29.0 Å². The molecule has 1 aliphatic rings. The fraction of sp³-hybridized carbons (Fsp3) is 0.278. The van der Waals surface area contributed by atoms with Crippen LogP contribution in [0.4, 0.5) is 24.5 Å². The third kappa shape index (κ3) is 3.66. The van der Waals surface area contributed by atoms with Crippen molar-refractivity contribution in [3.05, 3.63) is 41.5 Å². The van der Waals surface area contributed by atoms with Gasteiger partial charge in [0.15, 0.2) is 0 Å². The van der Waals surface area contributed by atoms with Crippen LogP contribution in [0.5, 0.6) is 5.75 Å². The van der Waals surface area contributed by atoms with Crippen molar-refractivity contribution in [1.82, 2.24) is 0 Å². The molecule has 3 rings (SSSR count). The maximum Gasteiger partial charge on any atom is 0.573 e. The summed E-state index contributed by atoms with van der Waals surface area (Å²) < 4.78 is 40.9. The predicted octanol–water partition coefficient (Wildman–Crippen LogP) is 3.89. The molecule has 8 heteroatoms. The van der Waals surface area contributed by atoms with E-state index in [1.165, 1.54) is 12.1 Å². The predicted molar refractivity (Wildman–Crippen MR) is 93.7 cm³/mol. The maximum atomic E-state index is 12.3. The van der Waals surface area contributed by atoms with Gasteiger partial charge >= 0.3 is 6.36 Å². The van der Waals surface area contributed by atoms with Crippen LogP contribution in [-0.4, -0.2) is 24.2 Å². The molecule has 0 saturated heterocycles. The van der Waals surface area contributed by atoms with E-state index in [0.717, 1.165) is 11.1 Å². The number of alkyl halides is 3. The Morgan fingerprint density at radius 2 is 2.00 bits per heavy atom. The number of aliphatic hydroxyl groups is 1. The number of rotatable bonds is 4. The number of fused-ring (bicyclic) bond motifs is 1. The van der Waals surface area contributed by atoms with Crippen LogP contribution in [0.3, 0.4) is 0 Å². The maximum absolute atomic E-state index is 12.3.